The van der Waals surface area contributed by atoms with Gasteiger partial charge in [0.25, 0.3) is 5.91 Å². The molecule has 0 aliphatic carbocycles. The molecule has 47 heavy (non-hydrogen) atoms. The maximum absolute atomic E-state index is 14.8. The summed E-state index contributed by atoms with van der Waals surface area (Å²) in [5, 5.41) is 1.76. The number of hydrogen-bond acceptors (Lipinski definition) is 5. The van der Waals surface area contributed by atoms with E-state index in [2.05, 4.69) is 0 Å². The maximum Gasteiger partial charge on any atom is 0.250 e. The Morgan fingerprint density at radius 2 is 1.74 bits per heavy atom. The summed E-state index contributed by atoms with van der Waals surface area (Å²) in [6.45, 7) is 2.00. The summed E-state index contributed by atoms with van der Waals surface area (Å²) in [6.07, 6.45) is 2.25. The van der Waals surface area contributed by atoms with E-state index in [1.54, 1.807) is 0 Å². The van der Waals surface area contributed by atoms with Gasteiger partial charge in [0, 0.05) is 19.0 Å². The average molecular weight is 656 g/mol. The first-order valence-corrected chi connectivity index (χ1v) is 15.9. The first-order chi connectivity index (χ1) is 22.7. The molecule has 1 fully saturated rings. The molecule has 4 aromatic rings. The van der Waals surface area contributed by atoms with Crippen molar-refractivity contribution in [2.75, 3.05) is 13.3 Å². The predicted molar refractivity (Wildman–Crippen MR) is 176 cm³/mol. The van der Waals surface area contributed by atoms with Crippen LogP contribution in [0.5, 0.6) is 0 Å². The van der Waals surface area contributed by atoms with E-state index in [1.807, 2.05) is 79.7 Å². The third kappa shape index (κ3) is 6.67. The van der Waals surface area contributed by atoms with Crippen LogP contribution in [0, 0.1) is 11.7 Å². The second-order valence-corrected chi connectivity index (χ2v) is 12.4. The Hall–Kier alpha value is -4.89. The molecule has 1 saturated heterocycles. The molecular weight excluding hydrogens is 621 g/mol. The van der Waals surface area contributed by atoms with Gasteiger partial charge in [-0.25, -0.2) is 4.39 Å². The number of carbonyl (C=O) groups is 3. The lowest BCUT2D eigenvalue weighted by atomic mass is 9.93. The molecule has 2 aliphatic heterocycles. The molecular formula is C37H35ClFN3O5. The summed E-state index contributed by atoms with van der Waals surface area (Å²) in [5.74, 6) is -2.68. The third-order valence-corrected chi connectivity index (χ3v) is 9.28. The molecule has 2 heterocycles. The van der Waals surface area contributed by atoms with E-state index in [4.69, 9.17) is 26.8 Å². The van der Waals surface area contributed by atoms with E-state index in [-0.39, 0.29) is 37.1 Å². The number of nitrogens with zero attached hydrogens (tertiary/aromatic N) is 2. The highest BCUT2D eigenvalue weighted by atomic mass is 35.5. The van der Waals surface area contributed by atoms with Crippen molar-refractivity contribution < 1.29 is 28.2 Å². The van der Waals surface area contributed by atoms with Crippen LogP contribution >= 0.6 is 11.6 Å². The number of hydrogen-bond donors (Lipinski definition) is 1. The van der Waals surface area contributed by atoms with Crippen LogP contribution in [-0.4, -0.2) is 52.9 Å². The second-order valence-electron chi connectivity index (χ2n) is 11.9. The van der Waals surface area contributed by atoms with Crippen molar-refractivity contribution in [1.29, 1.82) is 0 Å². The van der Waals surface area contributed by atoms with Gasteiger partial charge in [-0.15, -0.1) is 0 Å². The van der Waals surface area contributed by atoms with E-state index >= 15 is 0 Å². The molecule has 4 atom stereocenters. The smallest absolute Gasteiger partial charge is 0.250 e. The van der Waals surface area contributed by atoms with Crippen molar-refractivity contribution in [3.8, 4) is 0 Å². The van der Waals surface area contributed by atoms with E-state index in [0.29, 0.717) is 17.7 Å². The van der Waals surface area contributed by atoms with Crippen LogP contribution in [0.2, 0.25) is 5.02 Å². The zero-order chi connectivity index (χ0) is 33.1. The first-order valence-electron chi connectivity index (χ1n) is 15.5. The summed E-state index contributed by atoms with van der Waals surface area (Å²) < 4.78 is 25.5. The van der Waals surface area contributed by atoms with Gasteiger partial charge in [-0.05, 0) is 59.4 Å². The Morgan fingerprint density at radius 3 is 2.47 bits per heavy atom. The van der Waals surface area contributed by atoms with Gasteiger partial charge in [-0.2, -0.15) is 0 Å². The molecule has 242 valence electrons. The van der Waals surface area contributed by atoms with E-state index < -0.39 is 41.7 Å². The Bertz CT molecular complexity index is 1830. The molecule has 10 heteroatoms. The fraction of sp³-hybridized carbons (Fsp3) is 0.270. The number of carbonyl (C=O) groups excluding carboxylic acids is 3. The fourth-order valence-corrected chi connectivity index (χ4v) is 6.75. The molecule has 4 unspecified atom stereocenters. The van der Waals surface area contributed by atoms with Gasteiger partial charge in [0.05, 0.1) is 5.02 Å². The summed E-state index contributed by atoms with van der Waals surface area (Å²) >= 11 is 6.25. The molecule has 2 N–H and O–H groups in total. The van der Waals surface area contributed by atoms with Gasteiger partial charge in [0.15, 0.2) is 0 Å². The molecule has 0 spiro atoms. The van der Waals surface area contributed by atoms with Gasteiger partial charge in [-0.3, -0.25) is 14.4 Å². The van der Waals surface area contributed by atoms with Crippen molar-refractivity contribution in [3.05, 3.63) is 131 Å². The molecule has 0 bridgehead atoms. The quantitative estimate of drug-likeness (QED) is 0.241. The van der Waals surface area contributed by atoms with Crippen molar-refractivity contribution in [2.45, 2.75) is 44.3 Å². The summed E-state index contributed by atoms with van der Waals surface area (Å²) in [4.78, 5) is 45.7. The first kappa shape index (κ1) is 32.1. The second kappa shape index (κ2) is 13.8. The van der Waals surface area contributed by atoms with Crippen molar-refractivity contribution in [2.24, 2.45) is 11.7 Å². The monoisotopic (exact) mass is 655 g/mol. The Balaban J connectivity index is 1.42. The Labute approximate surface area is 277 Å². The SMILES string of the molecule is CC1CCN(C(Cc2cccc3ccccc23)C(N)=O)C(=O)C(c2ccc(F)c(Cl)c2)N1C(=O)C(Cc1ccccc1)C1=COCO1. The van der Waals surface area contributed by atoms with Crippen molar-refractivity contribution in [3.63, 3.8) is 0 Å². The molecule has 4 aromatic carbocycles. The minimum atomic E-state index is -1.23. The molecule has 8 nitrogen and oxygen atoms in total. The minimum Gasteiger partial charge on any atom is -0.462 e. The van der Waals surface area contributed by atoms with Gasteiger partial charge in [0.1, 0.15) is 35.8 Å². The Kier molecular flexibility index (Phi) is 9.45. The zero-order valence-electron chi connectivity index (χ0n) is 25.9. The molecule has 0 saturated carbocycles. The number of primary amides is 1. The van der Waals surface area contributed by atoms with Crippen LogP contribution in [0.3, 0.4) is 0 Å². The Morgan fingerprint density at radius 1 is 1.00 bits per heavy atom. The highest BCUT2D eigenvalue weighted by Gasteiger charge is 2.46. The van der Waals surface area contributed by atoms with Crippen LogP contribution in [-0.2, 0) is 36.7 Å². The lowest BCUT2D eigenvalue weighted by molar-refractivity contribution is -0.150. The van der Waals surface area contributed by atoms with E-state index in [0.717, 1.165) is 21.9 Å². The molecule has 6 rings (SSSR count). The normalized spacial score (nSPS) is 19.4. The molecule has 0 radical (unpaired) electrons. The van der Waals surface area contributed by atoms with E-state index in [1.165, 1.54) is 34.3 Å². The summed E-state index contributed by atoms with van der Waals surface area (Å²) in [5.41, 5.74) is 8.09. The average Bonchev–Trinajstić information content (AvgIpc) is 3.58. The lowest BCUT2D eigenvalue weighted by Gasteiger charge is -2.37. The maximum atomic E-state index is 14.8. The topological polar surface area (TPSA) is 102 Å². The highest BCUT2D eigenvalue weighted by molar-refractivity contribution is 6.30. The summed E-state index contributed by atoms with van der Waals surface area (Å²) in [7, 11) is 0. The van der Waals surface area contributed by atoms with Gasteiger partial charge >= 0.3 is 0 Å². The predicted octanol–water partition coefficient (Wildman–Crippen LogP) is 5.92. The number of halogens is 2. The van der Waals surface area contributed by atoms with Crippen LogP contribution in [0.25, 0.3) is 10.8 Å². The van der Waals surface area contributed by atoms with E-state index in [9.17, 15) is 18.8 Å². The molecule has 3 amide bonds. The minimum absolute atomic E-state index is 0.0262. The number of nitrogens with two attached hydrogens (primary N) is 1. The van der Waals surface area contributed by atoms with Crippen molar-refractivity contribution >= 4 is 40.1 Å². The number of rotatable bonds is 9. The standard InChI is InChI=1S/C37H35ClFN3O5/c1-23-16-17-41(32(35(40)43)20-26-12-7-11-25-10-5-6-13-28(25)26)37(45)34(27-14-15-31(39)30(38)19-27)42(23)36(44)29(33-21-46-22-47-33)18-24-8-3-2-4-9-24/h2-15,19,21,23,29,32,34H,16-18,20,22H2,1H3,(H2,40,43). The van der Waals surface area contributed by atoms with Crippen LogP contribution in [0.1, 0.15) is 36.1 Å². The molecule has 2 aliphatic rings. The van der Waals surface area contributed by atoms with Gasteiger partial charge < -0.3 is 25.0 Å². The van der Waals surface area contributed by atoms with Crippen LogP contribution in [0.4, 0.5) is 4.39 Å². The fourth-order valence-electron chi connectivity index (χ4n) is 6.56. The highest BCUT2D eigenvalue weighted by Crippen LogP contribution is 2.36. The van der Waals surface area contributed by atoms with Crippen molar-refractivity contribution in [1.82, 2.24) is 9.80 Å². The van der Waals surface area contributed by atoms with Gasteiger partial charge in [0.2, 0.25) is 18.6 Å². The van der Waals surface area contributed by atoms with Gasteiger partial charge in [-0.1, -0.05) is 90.5 Å². The van der Waals surface area contributed by atoms with Crippen LogP contribution in [0.15, 0.2) is 103 Å². The number of amides is 3. The summed E-state index contributed by atoms with van der Waals surface area (Å²) in [6, 6.07) is 24.4. The number of fused-ring (bicyclic) bond motifs is 1. The number of ether oxygens (including phenoxy) is 2. The lowest BCUT2D eigenvalue weighted by Crippen LogP contribution is -2.53. The largest absolute Gasteiger partial charge is 0.462 e. The molecule has 0 aromatic heterocycles. The zero-order valence-corrected chi connectivity index (χ0v) is 26.6. The number of benzene rings is 4. The third-order valence-electron chi connectivity index (χ3n) is 8.99. The van der Waals surface area contributed by atoms with Crippen LogP contribution < -0.4 is 5.73 Å².